The maximum atomic E-state index is 10.7. The van der Waals surface area contributed by atoms with Crippen LogP contribution in [-0.2, 0) is 25.7 Å². The summed E-state index contributed by atoms with van der Waals surface area (Å²) in [5.74, 6) is 0.341. The van der Waals surface area contributed by atoms with Crippen LogP contribution >= 0.6 is 11.3 Å². The van der Waals surface area contributed by atoms with Gasteiger partial charge in [-0.3, -0.25) is 0 Å². The van der Waals surface area contributed by atoms with E-state index >= 15 is 0 Å². The zero-order valence-corrected chi connectivity index (χ0v) is 13.2. The van der Waals surface area contributed by atoms with Crippen molar-refractivity contribution < 1.29 is 5.11 Å². The van der Waals surface area contributed by atoms with Gasteiger partial charge in [0.05, 0.1) is 6.10 Å². The highest BCUT2D eigenvalue weighted by Gasteiger charge is 2.27. The van der Waals surface area contributed by atoms with Gasteiger partial charge < -0.3 is 5.11 Å². The van der Waals surface area contributed by atoms with Gasteiger partial charge in [-0.05, 0) is 78.6 Å². The largest absolute Gasteiger partial charge is 0.392 e. The molecule has 2 atom stereocenters. The SMILES string of the molecule is OC(Cc1ccc2c(c1)CCC2)C1CCCc2sccc21. The lowest BCUT2D eigenvalue weighted by atomic mass is 9.81. The number of hydrogen-bond donors (Lipinski definition) is 1. The van der Waals surface area contributed by atoms with Crippen LogP contribution in [-0.4, -0.2) is 11.2 Å². The van der Waals surface area contributed by atoms with Crippen molar-refractivity contribution in [2.45, 2.75) is 57.0 Å². The average Bonchev–Trinajstić information content (AvgIpc) is 3.14. The van der Waals surface area contributed by atoms with E-state index < -0.39 is 0 Å². The maximum Gasteiger partial charge on any atom is 0.0649 e. The Hall–Kier alpha value is -1.12. The number of aliphatic hydroxyl groups excluding tert-OH is 1. The van der Waals surface area contributed by atoms with Crippen molar-refractivity contribution in [3.8, 4) is 0 Å². The van der Waals surface area contributed by atoms with E-state index in [1.807, 2.05) is 11.3 Å². The fourth-order valence-corrected chi connectivity index (χ4v) is 5.05. The molecule has 0 saturated carbocycles. The van der Waals surface area contributed by atoms with Crippen molar-refractivity contribution in [2.75, 3.05) is 0 Å². The highest BCUT2D eigenvalue weighted by molar-refractivity contribution is 7.10. The van der Waals surface area contributed by atoms with Crippen LogP contribution in [0.3, 0.4) is 0 Å². The van der Waals surface area contributed by atoms with E-state index in [2.05, 4.69) is 29.6 Å². The lowest BCUT2D eigenvalue weighted by molar-refractivity contribution is 0.135. The third kappa shape index (κ3) is 2.56. The Morgan fingerprint density at radius 2 is 2.00 bits per heavy atom. The summed E-state index contributed by atoms with van der Waals surface area (Å²) in [5.41, 5.74) is 5.76. The van der Waals surface area contributed by atoms with E-state index in [1.165, 1.54) is 59.2 Å². The lowest BCUT2D eigenvalue weighted by Crippen LogP contribution is -2.24. The molecule has 2 aliphatic rings. The fourth-order valence-electron chi connectivity index (χ4n) is 4.06. The molecule has 21 heavy (non-hydrogen) atoms. The van der Waals surface area contributed by atoms with Gasteiger partial charge in [0, 0.05) is 10.8 Å². The normalized spacial score (nSPS) is 21.9. The van der Waals surface area contributed by atoms with Gasteiger partial charge in [0.1, 0.15) is 0 Å². The molecule has 2 aromatic rings. The maximum absolute atomic E-state index is 10.7. The van der Waals surface area contributed by atoms with Gasteiger partial charge in [0.2, 0.25) is 0 Å². The number of aliphatic hydroxyl groups is 1. The summed E-state index contributed by atoms with van der Waals surface area (Å²) in [4.78, 5) is 1.50. The van der Waals surface area contributed by atoms with E-state index in [4.69, 9.17) is 0 Å². The number of thiophene rings is 1. The van der Waals surface area contributed by atoms with Crippen molar-refractivity contribution in [3.05, 3.63) is 56.8 Å². The highest BCUT2D eigenvalue weighted by atomic mass is 32.1. The van der Waals surface area contributed by atoms with Crippen LogP contribution in [0.4, 0.5) is 0 Å². The highest BCUT2D eigenvalue weighted by Crippen LogP contribution is 2.38. The molecule has 2 unspecified atom stereocenters. The smallest absolute Gasteiger partial charge is 0.0649 e. The molecule has 1 nitrogen and oxygen atoms in total. The van der Waals surface area contributed by atoms with Gasteiger partial charge in [-0.2, -0.15) is 0 Å². The average molecular weight is 298 g/mol. The Morgan fingerprint density at radius 3 is 2.95 bits per heavy atom. The topological polar surface area (TPSA) is 20.2 Å². The van der Waals surface area contributed by atoms with Gasteiger partial charge in [-0.15, -0.1) is 11.3 Å². The molecule has 0 amide bonds. The molecule has 1 aromatic carbocycles. The first-order valence-electron chi connectivity index (χ1n) is 8.16. The van der Waals surface area contributed by atoms with Crippen LogP contribution in [0.1, 0.15) is 52.3 Å². The number of benzene rings is 1. The Labute approximate surface area is 130 Å². The van der Waals surface area contributed by atoms with Crippen molar-refractivity contribution in [2.24, 2.45) is 0 Å². The van der Waals surface area contributed by atoms with Crippen molar-refractivity contribution in [1.29, 1.82) is 0 Å². The minimum absolute atomic E-state index is 0.238. The fraction of sp³-hybridized carbons (Fsp3) is 0.474. The van der Waals surface area contributed by atoms with Gasteiger partial charge in [-0.1, -0.05) is 18.2 Å². The zero-order valence-electron chi connectivity index (χ0n) is 12.3. The first-order chi connectivity index (χ1) is 10.3. The molecule has 0 bridgehead atoms. The quantitative estimate of drug-likeness (QED) is 0.897. The second kappa shape index (κ2) is 5.58. The summed E-state index contributed by atoms with van der Waals surface area (Å²) in [6.07, 6.45) is 7.87. The van der Waals surface area contributed by atoms with Gasteiger partial charge >= 0.3 is 0 Å². The molecule has 4 rings (SSSR count). The molecule has 0 radical (unpaired) electrons. The van der Waals surface area contributed by atoms with Gasteiger partial charge in [0.15, 0.2) is 0 Å². The lowest BCUT2D eigenvalue weighted by Gasteiger charge is -2.27. The standard InChI is InChI=1S/C19H22OS/c20-18(16-5-2-6-19-17(16)9-10-21-19)12-13-7-8-14-3-1-4-15(14)11-13/h7-11,16,18,20H,1-6,12H2. The van der Waals surface area contributed by atoms with E-state index in [9.17, 15) is 5.11 Å². The summed E-state index contributed by atoms with van der Waals surface area (Å²) in [5, 5.41) is 12.9. The van der Waals surface area contributed by atoms with E-state index in [-0.39, 0.29) is 6.10 Å². The van der Waals surface area contributed by atoms with Crippen molar-refractivity contribution >= 4 is 11.3 Å². The van der Waals surface area contributed by atoms with Crippen LogP contribution < -0.4 is 0 Å². The number of rotatable bonds is 3. The summed E-state index contributed by atoms with van der Waals surface area (Å²) in [6, 6.07) is 9.07. The van der Waals surface area contributed by atoms with Crippen LogP contribution in [0.2, 0.25) is 0 Å². The monoisotopic (exact) mass is 298 g/mol. The minimum atomic E-state index is -0.238. The molecule has 1 heterocycles. The molecule has 2 aliphatic carbocycles. The van der Waals surface area contributed by atoms with Crippen LogP contribution in [0.5, 0.6) is 0 Å². The molecule has 110 valence electrons. The molecule has 0 spiro atoms. The molecular formula is C19H22OS. The predicted octanol–water partition coefficient (Wildman–Crippen LogP) is 4.26. The van der Waals surface area contributed by atoms with E-state index in [1.54, 1.807) is 0 Å². The molecule has 0 aliphatic heterocycles. The Morgan fingerprint density at radius 1 is 1.10 bits per heavy atom. The summed E-state index contributed by atoms with van der Waals surface area (Å²) in [7, 11) is 0. The van der Waals surface area contributed by atoms with Crippen LogP contribution in [0.15, 0.2) is 29.6 Å². The predicted molar refractivity (Wildman–Crippen MR) is 88.2 cm³/mol. The second-order valence-electron chi connectivity index (χ2n) is 6.53. The summed E-state index contributed by atoms with van der Waals surface area (Å²) in [6.45, 7) is 0. The first kappa shape index (κ1) is 13.5. The van der Waals surface area contributed by atoms with Crippen molar-refractivity contribution in [3.63, 3.8) is 0 Å². The molecule has 1 aromatic heterocycles. The molecule has 1 N–H and O–H groups in total. The minimum Gasteiger partial charge on any atom is -0.392 e. The Balaban J connectivity index is 1.53. The van der Waals surface area contributed by atoms with Crippen LogP contribution in [0, 0.1) is 0 Å². The van der Waals surface area contributed by atoms with Gasteiger partial charge in [0.25, 0.3) is 0 Å². The van der Waals surface area contributed by atoms with Gasteiger partial charge in [-0.25, -0.2) is 0 Å². The first-order valence-corrected chi connectivity index (χ1v) is 9.04. The number of fused-ring (bicyclic) bond motifs is 2. The third-order valence-corrected chi connectivity index (χ3v) is 6.17. The van der Waals surface area contributed by atoms with E-state index in [0.29, 0.717) is 5.92 Å². The molecule has 2 heteroatoms. The van der Waals surface area contributed by atoms with E-state index in [0.717, 1.165) is 12.8 Å². The van der Waals surface area contributed by atoms with Crippen molar-refractivity contribution in [1.82, 2.24) is 0 Å². The zero-order chi connectivity index (χ0) is 14.2. The Kier molecular flexibility index (Phi) is 3.60. The third-order valence-electron chi connectivity index (χ3n) is 5.17. The Bertz CT molecular complexity index is 643. The molecule has 0 saturated heterocycles. The summed E-state index contributed by atoms with van der Waals surface area (Å²) < 4.78 is 0. The number of aryl methyl sites for hydroxylation is 3. The summed E-state index contributed by atoms with van der Waals surface area (Å²) >= 11 is 1.86. The second-order valence-corrected chi connectivity index (χ2v) is 7.53. The van der Waals surface area contributed by atoms with Crippen LogP contribution in [0.25, 0.3) is 0 Å². The molecular weight excluding hydrogens is 276 g/mol. The number of hydrogen-bond acceptors (Lipinski definition) is 2. The molecule has 0 fully saturated rings.